The Bertz CT molecular complexity index is 237. The van der Waals surface area contributed by atoms with Crippen molar-refractivity contribution < 1.29 is 8.95 Å². The maximum Gasteiger partial charge on any atom is 0.208 e. The first-order valence-corrected chi connectivity index (χ1v) is 6.36. The molecule has 6 nitrogen and oxygen atoms in total. The van der Waals surface area contributed by atoms with Crippen molar-refractivity contribution in [2.45, 2.75) is 0 Å². The van der Waals surface area contributed by atoms with Crippen molar-refractivity contribution in [3.63, 3.8) is 0 Å². The lowest BCUT2D eigenvalue weighted by Crippen LogP contribution is -2.50. The number of ether oxygens (including phenoxy) is 1. The molecule has 0 saturated carbocycles. The maximum atomic E-state index is 11.2. The molecular weight excluding hydrogens is 216 g/mol. The fraction of sp³-hybridized carbons (Fsp3) is 0.875. The Morgan fingerprint density at radius 3 is 2.80 bits per heavy atom. The van der Waals surface area contributed by atoms with Crippen LogP contribution in [-0.2, 0) is 15.5 Å². The van der Waals surface area contributed by atoms with Crippen molar-refractivity contribution in [3.8, 4) is 0 Å². The molecule has 0 aromatic rings. The monoisotopic (exact) mass is 234 g/mol. The molecule has 1 rings (SSSR count). The summed E-state index contributed by atoms with van der Waals surface area (Å²) in [5.74, 6) is 7.41. The zero-order valence-corrected chi connectivity index (χ0v) is 9.76. The van der Waals surface area contributed by atoms with Gasteiger partial charge in [-0.1, -0.05) is 0 Å². The largest absolute Gasteiger partial charge is 0.383 e. The SMILES string of the molecule is COCCN=C(NN)N1CCS(=O)CC1. The van der Waals surface area contributed by atoms with Crippen molar-refractivity contribution in [1.82, 2.24) is 10.3 Å². The smallest absolute Gasteiger partial charge is 0.208 e. The number of hydrogen-bond acceptors (Lipinski definition) is 4. The zero-order chi connectivity index (χ0) is 11.1. The summed E-state index contributed by atoms with van der Waals surface area (Å²) in [5.41, 5.74) is 2.57. The third kappa shape index (κ3) is 4.15. The summed E-state index contributed by atoms with van der Waals surface area (Å²) in [4.78, 5) is 6.27. The predicted molar refractivity (Wildman–Crippen MR) is 61.0 cm³/mol. The van der Waals surface area contributed by atoms with Crippen LogP contribution < -0.4 is 11.3 Å². The van der Waals surface area contributed by atoms with Gasteiger partial charge in [-0.3, -0.25) is 9.63 Å². The van der Waals surface area contributed by atoms with Crippen molar-refractivity contribution in [2.75, 3.05) is 44.9 Å². The number of guanidine groups is 1. The molecule has 1 saturated heterocycles. The predicted octanol–water partition coefficient (Wildman–Crippen LogP) is -1.48. The van der Waals surface area contributed by atoms with E-state index in [2.05, 4.69) is 10.4 Å². The Balaban J connectivity index is 2.43. The lowest BCUT2D eigenvalue weighted by atomic mass is 10.5. The highest BCUT2D eigenvalue weighted by Gasteiger charge is 2.17. The fourth-order valence-corrected chi connectivity index (χ4v) is 2.38. The number of rotatable bonds is 3. The summed E-state index contributed by atoms with van der Waals surface area (Å²) >= 11 is 0. The van der Waals surface area contributed by atoms with E-state index in [1.54, 1.807) is 7.11 Å². The zero-order valence-electron chi connectivity index (χ0n) is 8.94. The summed E-state index contributed by atoms with van der Waals surface area (Å²) in [6.45, 7) is 2.63. The number of aliphatic imine (C=N–C) groups is 1. The van der Waals surface area contributed by atoms with E-state index in [0.717, 1.165) is 13.1 Å². The first kappa shape index (κ1) is 12.4. The molecule has 1 fully saturated rings. The normalized spacial score (nSPS) is 19.3. The molecule has 15 heavy (non-hydrogen) atoms. The van der Waals surface area contributed by atoms with Gasteiger partial charge in [0, 0.05) is 42.5 Å². The molecule has 0 spiro atoms. The van der Waals surface area contributed by atoms with Crippen LogP contribution in [0, 0.1) is 0 Å². The summed E-state index contributed by atoms with van der Waals surface area (Å²) in [6, 6.07) is 0. The first-order chi connectivity index (χ1) is 7.27. The molecule has 0 aromatic carbocycles. The van der Waals surface area contributed by atoms with Gasteiger partial charge >= 0.3 is 0 Å². The number of methoxy groups -OCH3 is 1. The molecule has 0 amide bonds. The minimum Gasteiger partial charge on any atom is -0.383 e. The minimum atomic E-state index is -0.677. The van der Waals surface area contributed by atoms with Gasteiger partial charge < -0.3 is 9.64 Å². The van der Waals surface area contributed by atoms with Gasteiger partial charge in [-0.25, -0.2) is 10.8 Å². The number of nitrogens with one attached hydrogen (secondary N) is 1. The quantitative estimate of drug-likeness (QED) is 0.205. The van der Waals surface area contributed by atoms with Crippen LogP contribution in [0.25, 0.3) is 0 Å². The average Bonchev–Trinajstić information content (AvgIpc) is 2.26. The van der Waals surface area contributed by atoms with Gasteiger partial charge in [-0.2, -0.15) is 0 Å². The maximum absolute atomic E-state index is 11.2. The van der Waals surface area contributed by atoms with Gasteiger partial charge in [0.2, 0.25) is 5.96 Å². The van der Waals surface area contributed by atoms with E-state index in [1.165, 1.54) is 0 Å². The fourth-order valence-electron chi connectivity index (χ4n) is 1.33. The van der Waals surface area contributed by atoms with Gasteiger partial charge in [0.25, 0.3) is 0 Å². The van der Waals surface area contributed by atoms with Gasteiger partial charge in [-0.15, -0.1) is 0 Å². The highest BCUT2D eigenvalue weighted by Crippen LogP contribution is 2.00. The molecule has 0 atom stereocenters. The molecule has 7 heteroatoms. The number of hydrogen-bond donors (Lipinski definition) is 2. The van der Waals surface area contributed by atoms with Crippen LogP contribution >= 0.6 is 0 Å². The molecule has 0 bridgehead atoms. The van der Waals surface area contributed by atoms with E-state index in [-0.39, 0.29) is 0 Å². The lowest BCUT2D eigenvalue weighted by Gasteiger charge is -2.28. The van der Waals surface area contributed by atoms with Crippen molar-refractivity contribution >= 4 is 16.8 Å². The standard InChI is InChI=1S/C8H18N4O2S/c1-14-5-2-10-8(11-9)12-3-6-15(13)7-4-12/h2-7,9H2,1H3,(H,10,11). The molecule has 1 heterocycles. The Morgan fingerprint density at radius 2 is 2.27 bits per heavy atom. The third-order valence-electron chi connectivity index (χ3n) is 2.16. The Kier molecular flexibility index (Phi) is 5.59. The second kappa shape index (κ2) is 6.76. The summed E-state index contributed by atoms with van der Waals surface area (Å²) < 4.78 is 16.1. The van der Waals surface area contributed by atoms with Crippen LogP contribution in [0.4, 0.5) is 0 Å². The van der Waals surface area contributed by atoms with Gasteiger partial charge in [0.05, 0.1) is 13.2 Å². The molecular formula is C8H18N4O2S. The first-order valence-electron chi connectivity index (χ1n) is 4.88. The Labute approximate surface area is 92.3 Å². The Morgan fingerprint density at radius 1 is 1.60 bits per heavy atom. The lowest BCUT2D eigenvalue weighted by molar-refractivity contribution is 0.207. The second-order valence-electron chi connectivity index (χ2n) is 3.18. The van der Waals surface area contributed by atoms with Crippen LogP contribution in [-0.4, -0.2) is 59.9 Å². The van der Waals surface area contributed by atoms with Gasteiger partial charge in [0.1, 0.15) is 0 Å². The van der Waals surface area contributed by atoms with Crippen molar-refractivity contribution in [2.24, 2.45) is 10.8 Å². The minimum absolute atomic E-state index is 0.574. The van der Waals surface area contributed by atoms with E-state index >= 15 is 0 Å². The van der Waals surface area contributed by atoms with Crippen LogP contribution in [0.2, 0.25) is 0 Å². The van der Waals surface area contributed by atoms with Crippen LogP contribution in [0.1, 0.15) is 0 Å². The van der Waals surface area contributed by atoms with E-state index in [0.29, 0.717) is 30.6 Å². The number of hydrazine groups is 1. The van der Waals surface area contributed by atoms with Crippen LogP contribution in [0.15, 0.2) is 4.99 Å². The van der Waals surface area contributed by atoms with Crippen molar-refractivity contribution in [3.05, 3.63) is 0 Å². The topological polar surface area (TPSA) is 80.0 Å². The van der Waals surface area contributed by atoms with E-state index < -0.39 is 10.8 Å². The molecule has 0 unspecified atom stereocenters. The van der Waals surface area contributed by atoms with Gasteiger partial charge in [-0.05, 0) is 0 Å². The van der Waals surface area contributed by atoms with E-state index in [1.807, 2.05) is 4.90 Å². The van der Waals surface area contributed by atoms with E-state index in [4.69, 9.17) is 10.6 Å². The molecule has 88 valence electrons. The second-order valence-corrected chi connectivity index (χ2v) is 4.87. The highest BCUT2D eigenvalue weighted by atomic mass is 32.2. The average molecular weight is 234 g/mol. The Hall–Kier alpha value is -0.660. The number of nitrogens with zero attached hydrogens (tertiary/aromatic N) is 2. The number of nitrogens with two attached hydrogens (primary N) is 1. The van der Waals surface area contributed by atoms with Crippen molar-refractivity contribution in [1.29, 1.82) is 0 Å². The molecule has 0 radical (unpaired) electrons. The summed E-state index contributed by atoms with van der Waals surface area (Å²) in [6.07, 6.45) is 0. The molecule has 3 N–H and O–H groups in total. The summed E-state index contributed by atoms with van der Waals surface area (Å²) in [7, 11) is 0.957. The molecule has 0 aromatic heterocycles. The highest BCUT2D eigenvalue weighted by molar-refractivity contribution is 7.85. The van der Waals surface area contributed by atoms with Crippen LogP contribution in [0.5, 0.6) is 0 Å². The van der Waals surface area contributed by atoms with Crippen LogP contribution in [0.3, 0.4) is 0 Å². The van der Waals surface area contributed by atoms with E-state index in [9.17, 15) is 4.21 Å². The third-order valence-corrected chi connectivity index (χ3v) is 3.44. The molecule has 0 aliphatic carbocycles. The molecule has 1 aliphatic heterocycles. The summed E-state index contributed by atoms with van der Waals surface area (Å²) in [5, 5.41) is 0. The molecule has 1 aliphatic rings. The van der Waals surface area contributed by atoms with Gasteiger partial charge in [0.15, 0.2) is 0 Å².